The zero-order valence-corrected chi connectivity index (χ0v) is 24.8. The largest absolute Gasteiger partial charge is 0.476 e. The Morgan fingerprint density at radius 2 is 1.91 bits per heavy atom. The number of amides is 2. The summed E-state index contributed by atoms with van der Waals surface area (Å²) in [4.78, 5) is 33.8. The van der Waals surface area contributed by atoms with Crippen molar-refractivity contribution in [2.45, 2.75) is 38.6 Å². The molecule has 4 aromatic rings. The number of imidazole rings is 1. The van der Waals surface area contributed by atoms with Gasteiger partial charge in [0.2, 0.25) is 11.7 Å². The summed E-state index contributed by atoms with van der Waals surface area (Å²) in [5, 5.41) is 17.4. The van der Waals surface area contributed by atoms with Crippen LogP contribution in [-0.4, -0.2) is 58.5 Å². The van der Waals surface area contributed by atoms with Crippen LogP contribution in [0.4, 0.5) is 20.3 Å². The molecule has 4 rings (SSSR count). The minimum Gasteiger partial charge on any atom is -0.476 e. The van der Waals surface area contributed by atoms with E-state index in [0.717, 1.165) is 18.4 Å². The highest BCUT2D eigenvalue weighted by Crippen LogP contribution is 2.32. The SMILES string of the molecule is CCc1cc(Nc2nccn3c(-c4ccc(OCC#N)c(F)c4F)cnc23)ccc1C(=O)NCCNC(=O)C(N)CCCCN. The van der Waals surface area contributed by atoms with Gasteiger partial charge in [-0.1, -0.05) is 13.3 Å². The average Bonchev–Trinajstić information content (AvgIpc) is 3.48. The molecule has 0 aliphatic carbocycles. The Balaban J connectivity index is 1.43. The van der Waals surface area contributed by atoms with Gasteiger partial charge in [0.15, 0.2) is 29.6 Å². The summed E-state index contributed by atoms with van der Waals surface area (Å²) in [5.41, 5.74) is 13.9. The maximum Gasteiger partial charge on any atom is 0.251 e. The molecule has 0 aliphatic rings. The summed E-state index contributed by atoms with van der Waals surface area (Å²) >= 11 is 0. The van der Waals surface area contributed by atoms with E-state index in [1.165, 1.54) is 24.5 Å². The molecule has 0 saturated carbocycles. The van der Waals surface area contributed by atoms with E-state index in [9.17, 15) is 18.4 Å². The minimum atomic E-state index is -1.20. The minimum absolute atomic E-state index is 0.0463. The van der Waals surface area contributed by atoms with Crippen molar-refractivity contribution in [2.24, 2.45) is 11.5 Å². The number of aromatic nitrogens is 3. The van der Waals surface area contributed by atoms with Crippen molar-refractivity contribution in [2.75, 3.05) is 31.6 Å². The molecule has 0 fully saturated rings. The quantitative estimate of drug-likeness (QED) is 0.125. The van der Waals surface area contributed by atoms with Crippen molar-refractivity contribution >= 4 is 29.0 Å². The number of nitriles is 1. The molecule has 0 spiro atoms. The van der Waals surface area contributed by atoms with Gasteiger partial charge in [-0.05, 0) is 61.7 Å². The van der Waals surface area contributed by atoms with Gasteiger partial charge >= 0.3 is 0 Å². The van der Waals surface area contributed by atoms with Crippen LogP contribution in [-0.2, 0) is 11.2 Å². The second kappa shape index (κ2) is 15.6. The topological polar surface area (TPSA) is 185 Å². The zero-order chi connectivity index (χ0) is 32.3. The van der Waals surface area contributed by atoms with Crippen molar-refractivity contribution in [3.05, 3.63) is 71.7 Å². The lowest BCUT2D eigenvalue weighted by molar-refractivity contribution is -0.122. The Morgan fingerprint density at radius 3 is 2.67 bits per heavy atom. The number of hydrogen-bond acceptors (Lipinski definition) is 9. The number of halogens is 2. The van der Waals surface area contributed by atoms with Crippen LogP contribution in [0, 0.1) is 23.0 Å². The van der Waals surface area contributed by atoms with E-state index in [1.54, 1.807) is 28.8 Å². The number of fused-ring (bicyclic) bond motifs is 1. The molecule has 2 aromatic heterocycles. The third-order valence-corrected chi connectivity index (χ3v) is 7.05. The third kappa shape index (κ3) is 7.88. The molecule has 0 saturated heterocycles. The Kier molecular flexibility index (Phi) is 11.3. The average molecular weight is 620 g/mol. The molecule has 2 aromatic carbocycles. The summed E-state index contributed by atoms with van der Waals surface area (Å²) in [6, 6.07) is 8.95. The lowest BCUT2D eigenvalue weighted by atomic mass is 10.0. The van der Waals surface area contributed by atoms with Gasteiger partial charge in [-0.3, -0.25) is 14.0 Å². The van der Waals surface area contributed by atoms with Crippen LogP contribution < -0.4 is 32.2 Å². The van der Waals surface area contributed by atoms with E-state index in [-0.39, 0.29) is 41.9 Å². The number of nitrogens with zero attached hydrogens (tertiary/aromatic N) is 4. The summed E-state index contributed by atoms with van der Waals surface area (Å²) < 4.78 is 36.1. The highest BCUT2D eigenvalue weighted by atomic mass is 19.2. The molecule has 7 N–H and O–H groups in total. The lowest BCUT2D eigenvalue weighted by Gasteiger charge is -2.14. The Hall–Kier alpha value is -5.13. The summed E-state index contributed by atoms with van der Waals surface area (Å²) in [6.45, 7) is 2.54. The van der Waals surface area contributed by atoms with Gasteiger partial charge in [0, 0.05) is 42.3 Å². The number of carbonyl (C=O) groups excluding carboxylic acids is 2. The second-order valence-electron chi connectivity index (χ2n) is 10.1. The Labute approximate surface area is 258 Å². The summed E-state index contributed by atoms with van der Waals surface area (Å²) in [5.74, 6) is -2.89. The number of aryl methyl sites for hydroxylation is 1. The van der Waals surface area contributed by atoms with Gasteiger partial charge < -0.3 is 32.2 Å². The van der Waals surface area contributed by atoms with E-state index >= 15 is 0 Å². The molecule has 2 heterocycles. The molecular formula is C31H35F2N9O3. The number of unbranched alkanes of at least 4 members (excludes halogenated alkanes) is 1. The Morgan fingerprint density at radius 1 is 1.11 bits per heavy atom. The molecule has 45 heavy (non-hydrogen) atoms. The van der Waals surface area contributed by atoms with Crippen LogP contribution in [0.25, 0.3) is 16.9 Å². The number of benzene rings is 2. The van der Waals surface area contributed by atoms with Crippen LogP contribution in [0.1, 0.15) is 42.1 Å². The second-order valence-corrected chi connectivity index (χ2v) is 10.1. The van der Waals surface area contributed by atoms with Gasteiger partial charge in [0.25, 0.3) is 5.91 Å². The van der Waals surface area contributed by atoms with E-state index in [0.29, 0.717) is 42.1 Å². The fourth-order valence-electron chi connectivity index (χ4n) is 4.71. The molecule has 1 atom stereocenters. The number of nitrogens with two attached hydrogens (primary N) is 2. The molecule has 2 amide bonds. The maximum absolute atomic E-state index is 15.0. The molecule has 1 unspecified atom stereocenters. The molecule has 236 valence electrons. The van der Waals surface area contributed by atoms with Crippen LogP contribution >= 0.6 is 0 Å². The smallest absolute Gasteiger partial charge is 0.251 e. The number of carbonyl (C=O) groups is 2. The van der Waals surface area contributed by atoms with E-state index in [4.69, 9.17) is 21.5 Å². The van der Waals surface area contributed by atoms with Crippen LogP contribution in [0.2, 0.25) is 0 Å². The molecule has 14 heteroatoms. The standard InChI is InChI=1S/C31H35F2N9O3/c1-2-19-17-20(6-7-21(19)30(43)38-12-13-39-31(44)23(36)5-3-4-10-34)41-28-29-40-18-24(42(29)15-14-37-28)22-8-9-25(45-16-11-35)27(33)26(22)32/h6-9,14-15,17-18,23H,2-5,10,12-13,16,34,36H2,1H3,(H,37,41)(H,38,43)(H,39,44). The van der Waals surface area contributed by atoms with Crippen LogP contribution in [0.15, 0.2) is 48.9 Å². The van der Waals surface area contributed by atoms with Gasteiger partial charge in [-0.15, -0.1) is 0 Å². The predicted octanol–water partition coefficient (Wildman–Crippen LogP) is 3.19. The monoisotopic (exact) mass is 619 g/mol. The first kappa shape index (κ1) is 32.8. The zero-order valence-electron chi connectivity index (χ0n) is 24.8. The van der Waals surface area contributed by atoms with Crippen molar-refractivity contribution in [1.29, 1.82) is 5.26 Å². The van der Waals surface area contributed by atoms with Gasteiger partial charge in [0.1, 0.15) is 6.07 Å². The van der Waals surface area contributed by atoms with Crippen LogP contribution in [0.5, 0.6) is 5.75 Å². The third-order valence-electron chi connectivity index (χ3n) is 7.05. The van der Waals surface area contributed by atoms with Crippen molar-refractivity contribution in [1.82, 2.24) is 25.0 Å². The van der Waals surface area contributed by atoms with E-state index < -0.39 is 24.3 Å². The molecular weight excluding hydrogens is 584 g/mol. The fraction of sp³-hybridized carbons (Fsp3) is 0.323. The fourth-order valence-corrected chi connectivity index (χ4v) is 4.71. The van der Waals surface area contributed by atoms with Gasteiger partial charge in [-0.25, -0.2) is 14.4 Å². The molecule has 0 bridgehead atoms. The van der Waals surface area contributed by atoms with E-state index in [2.05, 4.69) is 25.9 Å². The summed E-state index contributed by atoms with van der Waals surface area (Å²) in [6.07, 6.45) is 7.17. The van der Waals surface area contributed by atoms with Gasteiger partial charge in [-0.2, -0.15) is 9.65 Å². The first-order valence-electron chi connectivity index (χ1n) is 14.5. The van der Waals surface area contributed by atoms with Crippen molar-refractivity contribution in [3.63, 3.8) is 0 Å². The normalized spacial score (nSPS) is 11.6. The summed E-state index contributed by atoms with van der Waals surface area (Å²) in [7, 11) is 0. The first-order valence-corrected chi connectivity index (χ1v) is 14.5. The van der Waals surface area contributed by atoms with E-state index in [1.807, 2.05) is 13.0 Å². The maximum atomic E-state index is 15.0. The highest BCUT2D eigenvalue weighted by molar-refractivity contribution is 5.96. The van der Waals surface area contributed by atoms with Crippen molar-refractivity contribution < 1.29 is 23.1 Å². The highest BCUT2D eigenvalue weighted by Gasteiger charge is 2.20. The molecule has 0 radical (unpaired) electrons. The number of ether oxygens (including phenoxy) is 1. The molecule has 12 nitrogen and oxygen atoms in total. The lowest BCUT2D eigenvalue weighted by Crippen LogP contribution is -2.43. The Bertz CT molecular complexity index is 1700. The predicted molar refractivity (Wildman–Crippen MR) is 165 cm³/mol. The number of anilines is 2. The molecule has 0 aliphatic heterocycles. The first-order chi connectivity index (χ1) is 21.8. The van der Waals surface area contributed by atoms with Gasteiger partial charge in [0.05, 0.1) is 17.9 Å². The van der Waals surface area contributed by atoms with Crippen LogP contribution in [0.3, 0.4) is 0 Å². The number of hydrogen-bond donors (Lipinski definition) is 5. The van der Waals surface area contributed by atoms with Crippen molar-refractivity contribution in [3.8, 4) is 23.1 Å². The number of rotatable bonds is 15. The number of nitrogens with one attached hydrogen (secondary N) is 3.